The zero-order valence-corrected chi connectivity index (χ0v) is 8.17. The van der Waals surface area contributed by atoms with Crippen molar-refractivity contribution in [3.63, 3.8) is 0 Å². The summed E-state index contributed by atoms with van der Waals surface area (Å²) in [5.74, 6) is -5.25. The van der Waals surface area contributed by atoms with Crippen LogP contribution >= 0.6 is 0 Å². The number of nitrogens with zero attached hydrogens (tertiary/aromatic N) is 2. The summed E-state index contributed by atoms with van der Waals surface area (Å²) in [5.41, 5.74) is -0.220. The number of halogens is 3. The molecule has 2 aromatic rings. The van der Waals surface area contributed by atoms with E-state index in [4.69, 9.17) is 0 Å². The van der Waals surface area contributed by atoms with E-state index >= 15 is 0 Å². The first-order valence-corrected chi connectivity index (χ1v) is 4.39. The minimum atomic E-state index is -1.59. The van der Waals surface area contributed by atoms with E-state index in [0.29, 0.717) is 12.1 Å². The van der Waals surface area contributed by atoms with Gasteiger partial charge in [-0.1, -0.05) is 0 Å². The summed E-state index contributed by atoms with van der Waals surface area (Å²) in [6, 6.07) is 1.32. The highest BCUT2D eigenvalue weighted by atomic mass is 19.2. The summed E-state index contributed by atoms with van der Waals surface area (Å²) < 4.78 is 38.3. The lowest BCUT2D eigenvalue weighted by Crippen LogP contribution is -2.14. The van der Waals surface area contributed by atoms with Crippen LogP contribution in [0.3, 0.4) is 0 Å². The molecule has 0 saturated heterocycles. The molecule has 0 radical (unpaired) electrons. The van der Waals surface area contributed by atoms with Gasteiger partial charge in [-0.2, -0.15) is 5.10 Å². The number of nitrogens with one attached hydrogen (secondary N) is 2. The summed E-state index contributed by atoms with van der Waals surface area (Å²) in [6.45, 7) is 0. The largest absolute Gasteiger partial charge is 0.319 e. The fourth-order valence-electron chi connectivity index (χ4n) is 1.13. The Labute approximate surface area is 92.7 Å². The minimum absolute atomic E-state index is 0.129. The molecule has 0 aliphatic carbocycles. The number of H-pyrrole nitrogens is 1. The number of rotatable bonds is 2. The Balaban J connectivity index is 2.22. The molecule has 8 heteroatoms. The molecule has 5 nitrogen and oxygen atoms in total. The first kappa shape index (κ1) is 11.1. The average molecular weight is 242 g/mol. The highest BCUT2D eigenvalue weighted by Crippen LogP contribution is 2.17. The smallest absolute Gasteiger partial charge is 0.292 e. The van der Waals surface area contributed by atoms with Crippen LogP contribution in [0, 0.1) is 17.5 Å². The normalized spacial score (nSPS) is 10.3. The predicted octanol–water partition coefficient (Wildman–Crippen LogP) is 1.47. The Hall–Kier alpha value is -2.38. The highest BCUT2D eigenvalue weighted by Gasteiger charge is 2.14. The third-order valence-corrected chi connectivity index (χ3v) is 1.87. The fraction of sp³-hybridized carbons (Fsp3) is 0. The Bertz CT molecular complexity index is 532. The van der Waals surface area contributed by atoms with E-state index in [-0.39, 0.29) is 11.5 Å². The van der Waals surface area contributed by atoms with Crippen molar-refractivity contribution in [2.75, 3.05) is 5.32 Å². The summed E-state index contributed by atoms with van der Waals surface area (Å²) in [5, 5.41) is 7.83. The molecule has 0 atom stereocenters. The Morgan fingerprint density at radius 1 is 1.24 bits per heavy atom. The number of benzene rings is 1. The maximum Gasteiger partial charge on any atom is 0.292 e. The van der Waals surface area contributed by atoms with Crippen molar-refractivity contribution in [2.24, 2.45) is 0 Å². The summed E-state index contributed by atoms with van der Waals surface area (Å²) in [4.78, 5) is 14.9. The van der Waals surface area contributed by atoms with Crippen molar-refractivity contribution in [3.8, 4) is 0 Å². The number of hydrogen-bond donors (Lipinski definition) is 2. The van der Waals surface area contributed by atoms with Crippen LogP contribution < -0.4 is 5.32 Å². The lowest BCUT2D eigenvalue weighted by atomic mass is 10.3. The quantitative estimate of drug-likeness (QED) is 0.783. The molecule has 0 fully saturated rings. The summed E-state index contributed by atoms with van der Waals surface area (Å²) in [6.07, 6.45) is 1.10. The third kappa shape index (κ3) is 2.25. The van der Waals surface area contributed by atoms with E-state index in [2.05, 4.69) is 20.5 Å². The first-order valence-electron chi connectivity index (χ1n) is 4.39. The van der Waals surface area contributed by atoms with Crippen molar-refractivity contribution < 1.29 is 18.0 Å². The molecule has 1 amide bonds. The van der Waals surface area contributed by atoms with Gasteiger partial charge in [-0.15, -0.1) is 0 Å². The molecule has 0 unspecified atom stereocenters. The van der Waals surface area contributed by atoms with Gasteiger partial charge >= 0.3 is 0 Å². The van der Waals surface area contributed by atoms with Crippen LogP contribution in [0.25, 0.3) is 0 Å². The number of carbonyl (C=O) groups excluding carboxylic acids is 1. The van der Waals surface area contributed by atoms with Crippen LogP contribution in [0.1, 0.15) is 10.6 Å². The van der Waals surface area contributed by atoms with Crippen LogP contribution in [0.4, 0.5) is 18.9 Å². The van der Waals surface area contributed by atoms with Gasteiger partial charge in [0.15, 0.2) is 17.5 Å². The van der Waals surface area contributed by atoms with Gasteiger partial charge in [-0.3, -0.25) is 9.89 Å². The van der Waals surface area contributed by atoms with Crippen LogP contribution in [0.15, 0.2) is 18.5 Å². The molecule has 0 bridgehead atoms. The van der Waals surface area contributed by atoms with Crippen molar-refractivity contribution in [3.05, 3.63) is 41.7 Å². The number of amides is 1. The molecule has 2 rings (SSSR count). The van der Waals surface area contributed by atoms with Gasteiger partial charge in [0.2, 0.25) is 5.82 Å². The molecule has 0 saturated carbocycles. The zero-order chi connectivity index (χ0) is 12.4. The van der Waals surface area contributed by atoms with Crippen LogP contribution in [0.2, 0.25) is 0 Å². The van der Waals surface area contributed by atoms with Crippen molar-refractivity contribution in [2.45, 2.75) is 0 Å². The van der Waals surface area contributed by atoms with E-state index in [9.17, 15) is 18.0 Å². The van der Waals surface area contributed by atoms with Gasteiger partial charge in [0.25, 0.3) is 5.91 Å². The standard InChI is InChI=1S/C9H5F3N4O/c10-5-1-4(2-6(11)7(5)12)15-9(17)8-13-3-14-16-8/h1-3H,(H,15,17)(H,13,14,16). The average Bonchev–Trinajstić information content (AvgIpc) is 2.79. The highest BCUT2D eigenvalue weighted by molar-refractivity contribution is 6.01. The van der Waals surface area contributed by atoms with Gasteiger partial charge < -0.3 is 5.32 Å². The summed E-state index contributed by atoms with van der Waals surface area (Å²) in [7, 11) is 0. The SMILES string of the molecule is O=C(Nc1cc(F)c(F)c(F)c1)c1ncn[nH]1. The maximum absolute atomic E-state index is 12.8. The molecular weight excluding hydrogens is 237 g/mol. The van der Waals surface area contributed by atoms with Gasteiger partial charge in [-0.25, -0.2) is 18.2 Å². The Morgan fingerprint density at radius 3 is 2.41 bits per heavy atom. The second kappa shape index (κ2) is 4.24. The first-order chi connectivity index (χ1) is 8.08. The molecular formula is C9H5F3N4O. The molecule has 2 N–H and O–H groups in total. The number of aromatic amines is 1. The maximum atomic E-state index is 12.8. The zero-order valence-electron chi connectivity index (χ0n) is 8.17. The Kier molecular flexibility index (Phi) is 2.77. The number of aromatic nitrogens is 3. The fourth-order valence-corrected chi connectivity index (χ4v) is 1.13. The third-order valence-electron chi connectivity index (χ3n) is 1.87. The van der Waals surface area contributed by atoms with Crippen LogP contribution in [-0.2, 0) is 0 Å². The Morgan fingerprint density at radius 2 is 1.88 bits per heavy atom. The summed E-state index contributed by atoms with van der Waals surface area (Å²) >= 11 is 0. The molecule has 88 valence electrons. The number of hydrogen-bond acceptors (Lipinski definition) is 3. The second-order valence-corrected chi connectivity index (χ2v) is 3.04. The van der Waals surface area contributed by atoms with Crippen LogP contribution in [0.5, 0.6) is 0 Å². The lowest BCUT2D eigenvalue weighted by molar-refractivity contribution is 0.101. The molecule has 0 spiro atoms. The molecule has 17 heavy (non-hydrogen) atoms. The van der Waals surface area contributed by atoms with E-state index in [1.165, 1.54) is 0 Å². The molecule has 1 aromatic heterocycles. The van der Waals surface area contributed by atoms with Gasteiger partial charge in [0.1, 0.15) is 6.33 Å². The molecule has 1 heterocycles. The van der Waals surface area contributed by atoms with Crippen molar-refractivity contribution in [1.29, 1.82) is 0 Å². The predicted molar refractivity (Wildman–Crippen MR) is 50.7 cm³/mol. The topological polar surface area (TPSA) is 70.7 Å². The number of carbonyl (C=O) groups is 1. The second-order valence-electron chi connectivity index (χ2n) is 3.04. The van der Waals surface area contributed by atoms with Crippen molar-refractivity contribution >= 4 is 11.6 Å². The van der Waals surface area contributed by atoms with E-state index in [1.54, 1.807) is 0 Å². The van der Waals surface area contributed by atoms with Gasteiger partial charge in [-0.05, 0) is 0 Å². The van der Waals surface area contributed by atoms with Crippen LogP contribution in [-0.4, -0.2) is 21.1 Å². The molecule has 0 aliphatic rings. The molecule has 1 aromatic carbocycles. The van der Waals surface area contributed by atoms with E-state index in [1.807, 2.05) is 0 Å². The minimum Gasteiger partial charge on any atom is -0.319 e. The van der Waals surface area contributed by atoms with E-state index < -0.39 is 23.4 Å². The van der Waals surface area contributed by atoms with Gasteiger partial charge in [0, 0.05) is 17.8 Å². The van der Waals surface area contributed by atoms with Gasteiger partial charge in [0.05, 0.1) is 0 Å². The number of anilines is 1. The lowest BCUT2D eigenvalue weighted by Gasteiger charge is -2.04. The van der Waals surface area contributed by atoms with Crippen molar-refractivity contribution in [1.82, 2.24) is 15.2 Å². The van der Waals surface area contributed by atoms with E-state index in [0.717, 1.165) is 6.33 Å². The molecule has 0 aliphatic heterocycles. The monoisotopic (exact) mass is 242 g/mol.